The van der Waals surface area contributed by atoms with Gasteiger partial charge >= 0.3 is 5.97 Å². The molecule has 4 heterocycles. The van der Waals surface area contributed by atoms with Crippen LogP contribution in [0, 0.1) is 5.92 Å². The highest BCUT2D eigenvalue weighted by Crippen LogP contribution is 2.31. The minimum absolute atomic E-state index is 0.242. The van der Waals surface area contributed by atoms with Gasteiger partial charge in [0.2, 0.25) is 5.95 Å². The van der Waals surface area contributed by atoms with E-state index in [1.54, 1.807) is 6.07 Å². The molecule has 1 aromatic carbocycles. The molecule has 3 aromatic rings. The number of benzene rings is 1. The monoisotopic (exact) mass is 583 g/mol. The zero-order valence-corrected chi connectivity index (χ0v) is 24.4. The van der Waals surface area contributed by atoms with E-state index in [0.717, 1.165) is 92.9 Å². The standard InChI is InChI=1S/C29H35Cl2N7O2/c1-35-7-9-38(10-8-35)29-32-17-25(18-33-29)36(2)27-12-21(19-37-5-3-20(4-6-37)13-28(39)40)11-26(34-27)22-14-23(30)16-24(31)15-22/h11-12,14-18,20H,3-10,13,19H2,1-2H3,(H,39,40). The van der Waals surface area contributed by atoms with Crippen LogP contribution in [0.25, 0.3) is 11.3 Å². The molecule has 2 aliphatic heterocycles. The summed E-state index contributed by atoms with van der Waals surface area (Å²) in [6.45, 7) is 6.29. The van der Waals surface area contributed by atoms with Crippen LogP contribution < -0.4 is 9.80 Å². The number of likely N-dealkylation sites (N-methyl/N-ethyl adjacent to an activating group) is 1. The lowest BCUT2D eigenvalue weighted by Gasteiger charge is -2.32. The van der Waals surface area contributed by atoms with Crippen molar-refractivity contribution in [1.82, 2.24) is 24.8 Å². The molecule has 5 rings (SSSR count). The van der Waals surface area contributed by atoms with Crippen LogP contribution in [0.4, 0.5) is 17.5 Å². The summed E-state index contributed by atoms with van der Waals surface area (Å²) in [5.74, 6) is 1.03. The van der Waals surface area contributed by atoms with Crippen LogP contribution in [0.2, 0.25) is 10.0 Å². The van der Waals surface area contributed by atoms with Gasteiger partial charge in [-0.3, -0.25) is 9.69 Å². The molecular formula is C29H35Cl2N7O2. The normalized spacial score (nSPS) is 17.2. The summed E-state index contributed by atoms with van der Waals surface area (Å²) in [5.41, 5.74) is 3.57. The highest BCUT2D eigenvalue weighted by Gasteiger charge is 2.22. The zero-order chi connectivity index (χ0) is 28.2. The zero-order valence-electron chi connectivity index (χ0n) is 22.9. The number of rotatable bonds is 8. The molecule has 2 saturated heterocycles. The van der Waals surface area contributed by atoms with Gasteiger partial charge in [0.25, 0.3) is 0 Å². The number of piperazine rings is 1. The van der Waals surface area contributed by atoms with Crippen molar-refractivity contribution in [3.05, 3.63) is 58.3 Å². The summed E-state index contributed by atoms with van der Waals surface area (Å²) >= 11 is 12.7. The highest BCUT2D eigenvalue weighted by atomic mass is 35.5. The Morgan fingerprint density at radius 2 is 1.62 bits per heavy atom. The summed E-state index contributed by atoms with van der Waals surface area (Å²) < 4.78 is 0. The van der Waals surface area contributed by atoms with Gasteiger partial charge < -0.3 is 19.8 Å². The summed E-state index contributed by atoms with van der Waals surface area (Å²) in [6.07, 6.45) is 5.71. The van der Waals surface area contributed by atoms with Gasteiger partial charge in [-0.1, -0.05) is 23.2 Å². The van der Waals surface area contributed by atoms with Crippen LogP contribution in [-0.4, -0.2) is 89.2 Å². The fourth-order valence-corrected chi connectivity index (χ4v) is 5.85. The largest absolute Gasteiger partial charge is 0.481 e. The molecule has 1 N–H and O–H groups in total. The molecule has 0 aliphatic carbocycles. The number of aliphatic carboxylic acids is 1. The fraction of sp³-hybridized carbons (Fsp3) is 0.448. The van der Waals surface area contributed by atoms with Crippen LogP contribution in [0.5, 0.6) is 0 Å². The smallest absolute Gasteiger partial charge is 0.303 e. The first-order valence-corrected chi connectivity index (χ1v) is 14.4. The molecule has 11 heteroatoms. The minimum Gasteiger partial charge on any atom is -0.481 e. The van der Waals surface area contributed by atoms with Crippen LogP contribution in [-0.2, 0) is 11.3 Å². The molecule has 0 spiro atoms. The number of aromatic nitrogens is 3. The number of carbonyl (C=O) groups is 1. The van der Waals surface area contributed by atoms with Crippen molar-refractivity contribution in [2.45, 2.75) is 25.8 Å². The maximum atomic E-state index is 11.1. The molecule has 0 radical (unpaired) electrons. The predicted molar refractivity (Wildman–Crippen MR) is 160 cm³/mol. The number of likely N-dealkylation sites (tertiary alicyclic amines) is 1. The number of hydrogen-bond acceptors (Lipinski definition) is 8. The average molecular weight is 585 g/mol. The molecule has 0 bridgehead atoms. The second-order valence-electron chi connectivity index (χ2n) is 10.8. The van der Waals surface area contributed by atoms with E-state index in [1.807, 2.05) is 36.5 Å². The van der Waals surface area contributed by atoms with Gasteiger partial charge in [-0.2, -0.15) is 0 Å². The molecule has 0 amide bonds. The number of hydrogen-bond donors (Lipinski definition) is 1. The Bertz CT molecular complexity index is 1300. The third kappa shape index (κ3) is 7.20. The van der Waals surface area contributed by atoms with Crippen molar-refractivity contribution in [1.29, 1.82) is 0 Å². The number of pyridine rings is 1. The van der Waals surface area contributed by atoms with Crippen molar-refractivity contribution < 1.29 is 9.90 Å². The lowest BCUT2D eigenvalue weighted by molar-refractivity contribution is -0.138. The first kappa shape index (κ1) is 28.5. The molecule has 40 heavy (non-hydrogen) atoms. The fourth-order valence-electron chi connectivity index (χ4n) is 5.33. The van der Waals surface area contributed by atoms with E-state index < -0.39 is 5.97 Å². The van der Waals surface area contributed by atoms with Gasteiger partial charge in [-0.25, -0.2) is 15.0 Å². The summed E-state index contributed by atoms with van der Waals surface area (Å²) in [6, 6.07) is 9.62. The molecular weight excluding hydrogens is 549 g/mol. The van der Waals surface area contributed by atoms with E-state index in [4.69, 9.17) is 33.3 Å². The second kappa shape index (κ2) is 12.7. The van der Waals surface area contributed by atoms with Crippen LogP contribution in [0.15, 0.2) is 42.7 Å². The Hall–Kier alpha value is -2.98. The van der Waals surface area contributed by atoms with Gasteiger partial charge in [0.1, 0.15) is 5.82 Å². The van der Waals surface area contributed by atoms with Crippen LogP contribution >= 0.6 is 23.2 Å². The number of carboxylic acids is 1. The first-order chi connectivity index (χ1) is 19.2. The summed E-state index contributed by atoms with van der Waals surface area (Å²) in [7, 11) is 4.09. The third-order valence-corrected chi connectivity index (χ3v) is 8.18. The van der Waals surface area contributed by atoms with Crippen molar-refractivity contribution >= 4 is 46.6 Å². The molecule has 2 aromatic heterocycles. The first-order valence-electron chi connectivity index (χ1n) is 13.6. The van der Waals surface area contributed by atoms with Gasteiger partial charge in [0.15, 0.2) is 0 Å². The van der Waals surface area contributed by atoms with E-state index >= 15 is 0 Å². The Morgan fingerprint density at radius 1 is 0.975 bits per heavy atom. The van der Waals surface area contributed by atoms with Crippen molar-refractivity contribution in [2.75, 3.05) is 63.2 Å². The molecule has 9 nitrogen and oxygen atoms in total. The second-order valence-corrected chi connectivity index (χ2v) is 11.7. The Morgan fingerprint density at radius 3 is 2.25 bits per heavy atom. The molecule has 212 valence electrons. The Balaban J connectivity index is 1.39. The van der Waals surface area contributed by atoms with E-state index in [9.17, 15) is 4.79 Å². The SMILES string of the molecule is CN1CCN(c2ncc(N(C)c3cc(CN4CCC(CC(=O)O)CC4)cc(-c4cc(Cl)cc(Cl)c4)n3)cn2)CC1. The van der Waals surface area contributed by atoms with Crippen molar-refractivity contribution in [3.63, 3.8) is 0 Å². The number of anilines is 3. The molecule has 0 saturated carbocycles. The maximum Gasteiger partial charge on any atom is 0.303 e. The number of halogens is 2. The Labute approximate surface area is 245 Å². The van der Waals surface area contributed by atoms with Crippen molar-refractivity contribution in [3.8, 4) is 11.3 Å². The van der Waals surface area contributed by atoms with E-state index in [1.165, 1.54) is 0 Å². The van der Waals surface area contributed by atoms with Gasteiger partial charge in [0.05, 0.1) is 23.8 Å². The predicted octanol–water partition coefficient (Wildman–Crippen LogP) is 5.05. The van der Waals surface area contributed by atoms with E-state index in [0.29, 0.717) is 10.0 Å². The van der Waals surface area contributed by atoms with E-state index in [2.05, 4.69) is 43.8 Å². The molecule has 0 unspecified atom stereocenters. The molecule has 2 fully saturated rings. The Kier molecular flexibility index (Phi) is 9.05. The quantitative estimate of drug-likeness (QED) is 0.391. The van der Waals surface area contributed by atoms with Gasteiger partial charge in [0, 0.05) is 61.8 Å². The maximum absolute atomic E-state index is 11.1. The topological polar surface area (TPSA) is 88.9 Å². The summed E-state index contributed by atoms with van der Waals surface area (Å²) in [5, 5.41) is 10.3. The van der Waals surface area contributed by atoms with Crippen LogP contribution in [0.3, 0.4) is 0 Å². The number of carboxylic acid groups (broad SMARTS) is 1. The van der Waals surface area contributed by atoms with Crippen molar-refractivity contribution in [2.24, 2.45) is 5.92 Å². The molecule has 2 aliphatic rings. The summed E-state index contributed by atoms with van der Waals surface area (Å²) in [4.78, 5) is 34.3. The lowest BCUT2D eigenvalue weighted by atomic mass is 9.93. The van der Waals surface area contributed by atoms with Gasteiger partial charge in [-0.15, -0.1) is 0 Å². The van der Waals surface area contributed by atoms with E-state index in [-0.39, 0.29) is 12.3 Å². The van der Waals surface area contributed by atoms with Crippen LogP contribution in [0.1, 0.15) is 24.8 Å². The van der Waals surface area contributed by atoms with Gasteiger partial charge in [-0.05, 0) is 74.8 Å². The number of nitrogens with zero attached hydrogens (tertiary/aromatic N) is 7. The average Bonchev–Trinajstić information content (AvgIpc) is 2.93. The highest BCUT2D eigenvalue weighted by molar-refractivity contribution is 6.35. The lowest BCUT2D eigenvalue weighted by Crippen LogP contribution is -2.45. The molecule has 0 atom stereocenters. The third-order valence-electron chi connectivity index (χ3n) is 7.75. The number of piperidine rings is 1. The minimum atomic E-state index is -0.717.